The second kappa shape index (κ2) is 5.27. The first-order valence-corrected chi connectivity index (χ1v) is 5.92. The zero-order valence-electron chi connectivity index (χ0n) is 9.87. The summed E-state index contributed by atoms with van der Waals surface area (Å²) in [5.41, 5.74) is 0.625. The fourth-order valence-electron chi connectivity index (χ4n) is 2.04. The van der Waals surface area contributed by atoms with E-state index < -0.39 is 0 Å². The van der Waals surface area contributed by atoms with Gasteiger partial charge >= 0.3 is 0 Å². The molecule has 92 valence electrons. The number of rotatable bonds is 4. The molecule has 0 bridgehead atoms. The van der Waals surface area contributed by atoms with Gasteiger partial charge < -0.3 is 10.6 Å². The molecular formula is C13H17FN2O. The van der Waals surface area contributed by atoms with Gasteiger partial charge in [0.05, 0.1) is 6.54 Å². The maximum atomic E-state index is 12.6. The Morgan fingerprint density at radius 1 is 1.35 bits per heavy atom. The van der Waals surface area contributed by atoms with E-state index in [1.165, 1.54) is 12.1 Å². The monoisotopic (exact) mass is 236 g/mol. The van der Waals surface area contributed by atoms with Crippen molar-refractivity contribution in [3.05, 3.63) is 30.1 Å². The number of carbonyl (C=O) groups is 1. The van der Waals surface area contributed by atoms with Crippen molar-refractivity contribution in [1.82, 2.24) is 5.32 Å². The fraction of sp³-hybridized carbons (Fsp3) is 0.462. The Balaban J connectivity index is 1.71. The van der Waals surface area contributed by atoms with Crippen LogP contribution in [0, 0.1) is 11.7 Å². The van der Waals surface area contributed by atoms with E-state index in [9.17, 15) is 9.18 Å². The second-order valence-corrected chi connectivity index (χ2v) is 4.71. The van der Waals surface area contributed by atoms with Crippen LogP contribution < -0.4 is 10.6 Å². The molecule has 0 saturated heterocycles. The fourth-order valence-corrected chi connectivity index (χ4v) is 2.04. The summed E-state index contributed by atoms with van der Waals surface area (Å²) in [5, 5.41) is 5.91. The van der Waals surface area contributed by atoms with Gasteiger partial charge in [-0.25, -0.2) is 4.39 Å². The zero-order valence-corrected chi connectivity index (χ0v) is 9.87. The van der Waals surface area contributed by atoms with E-state index in [0.717, 1.165) is 18.8 Å². The first-order valence-electron chi connectivity index (χ1n) is 5.92. The maximum absolute atomic E-state index is 12.6. The lowest BCUT2D eigenvalue weighted by Gasteiger charge is -2.33. The van der Waals surface area contributed by atoms with Gasteiger partial charge in [0.1, 0.15) is 5.82 Å². The van der Waals surface area contributed by atoms with Crippen LogP contribution in [-0.4, -0.2) is 18.5 Å². The summed E-state index contributed by atoms with van der Waals surface area (Å²) in [6.45, 7) is 2.52. The number of nitrogens with one attached hydrogen (secondary N) is 2. The minimum atomic E-state index is -0.301. The highest BCUT2D eigenvalue weighted by Crippen LogP contribution is 2.25. The zero-order chi connectivity index (χ0) is 12.3. The minimum Gasteiger partial charge on any atom is -0.325 e. The number of anilines is 1. The van der Waals surface area contributed by atoms with Crippen molar-refractivity contribution in [3.63, 3.8) is 0 Å². The second-order valence-electron chi connectivity index (χ2n) is 4.71. The summed E-state index contributed by atoms with van der Waals surface area (Å²) < 4.78 is 12.6. The Morgan fingerprint density at radius 3 is 2.59 bits per heavy atom. The average molecular weight is 236 g/mol. The third-order valence-electron chi connectivity index (χ3n) is 3.05. The smallest absolute Gasteiger partial charge is 0.238 e. The molecule has 1 fully saturated rings. The highest BCUT2D eigenvalue weighted by atomic mass is 19.1. The number of hydrogen-bond donors (Lipinski definition) is 2. The Bertz CT molecular complexity index is 385. The normalized spacial score (nSPS) is 22.9. The first-order chi connectivity index (χ1) is 8.13. The molecule has 0 unspecified atom stereocenters. The van der Waals surface area contributed by atoms with Gasteiger partial charge in [-0.3, -0.25) is 4.79 Å². The molecule has 1 saturated carbocycles. The lowest BCUT2D eigenvalue weighted by Crippen LogP contribution is -2.43. The molecule has 0 spiro atoms. The molecule has 1 aliphatic rings. The van der Waals surface area contributed by atoms with Crippen molar-refractivity contribution in [3.8, 4) is 0 Å². The van der Waals surface area contributed by atoms with Crippen LogP contribution in [0.2, 0.25) is 0 Å². The van der Waals surface area contributed by atoms with Gasteiger partial charge in [0.2, 0.25) is 5.91 Å². The highest BCUT2D eigenvalue weighted by molar-refractivity contribution is 5.92. The van der Waals surface area contributed by atoms with Gasteiger partial charge in [0, 0.05) is 11.7 Å². The van der Waals surface area contributed by atoms with Gasteiger partial charge in [-0.05, 0) is 43.0 Å². The summed E-state index contributed by atoms with van der Waals surface area (Å²) in [6, 6.07) is 6.24. The van der Waals surface area contributed by atoms with E-state index in [0.29, 0.717) is 18.3 Å². The summed E-state index contributed by atoms with van der Waals surface area (Å²) in [4.78, 5) is 11.6. The van der Waals surface area contributed by atoms with E-state index in [1.807, 2.05) is 0 Å². The van der Waals surface area contributed by atoms with Crippen molar-refractivity contribution in [1.29, 1.82) is 0 Å². The van der Waals surface area contributed by atoms with Crippen LogP contribution in [0.5, 0.6) is 0 Å². The molecule has 0 radical (unpaired) electrons. The Morgan fingerprint density at radius 2 is 2.00 bits per heavy atom. The first kappa shape index (κ1) is 12.0. The van der Waals surface area contributed by atoms with E-state index >= 15 is 0 Å². The van der Waals surface area contributed by atoms with Gasteiger partial charge in [-0.2, -0.15) is 0 Å². The Labute approximate surface area is 100 Å². The van der Waals surface area contributed by atoms with Crippen LogP contribution in [-0.2, 0) is 4.79 Å². The minimum absolute atomic E-state index is 0.0869. The van der Waals surface area contributed by atoms with Gasteiger partial charge in [0.15, 0.2) is 0 Å². The van der Waals surface area contributed by atoms with Gasteiger partial charge in [-0.1, -0.05) is 6.92 Å². The summed E-state index contributed by atoms with van der Waals surface area (Å²) in [7, 11) is 0. The molecule has 1 aromatic carbocycles. The van der Waals surface area contributed by atoms with E-state index in [-0.39, 0.29) is 11.7 Å². The number of hydrogen-bond acceptors (Lipinski definition) is 2. The Hall–Kier alpha value is -1.42. The number of benzene rings is 1. The van der Waals surface area contributed by atoms with Crippen molar-refractivity contribution in [2.75, 3.05) is 11.9 Å². The molecule has 0 atom stereocenters. The average Bonchev–Trinajstić information content (AvgIpc) is 2.26. The summed E-state index contributed by atoms with van der Waals surface area (Å²) in [5.74, 6) is 0.383. The quantitative estimate of drug-likeness (QED) is 0.841. The van der Waals surface area contributed by atoms with Crippen molar-refractivity contribution in [2.45, 2.75) is 25.8 Å². The van der Waals surface area contributed by atoms with E-state index in [4.69, 9.17) is 0 Å². The molecule has 1 amide bonds. The molecule has 3 nitrogen and oxygen atoms in total. The number of halogens is 1. The highest BCUT2D eigenvalue weighted by Gasteiger charge is 2.24. The molecule has 0 aliphatic heterocycles. The molecule has 0 aromatic heterocycles. The van der Waals surface area contributed by atoms with Crippen molar-refractivity contribution < 1.29 is 9.18 Å². The molecule has 2 rings (SSSR count). The predicted octanol–water partition coefficient (Wildman–Crippen LogP) is 2.15. The van der Waals surface area contributed by atoms with E-state index in [1.54, 1.807) is 12.1 Å². The molecule has 4 heteroatoms. The largest absolute Gasteiger partial charge is 0.325 e. The Kier molecular flexibility index (Phi) is 3.74. The van der Waals surface area contributed by atoms with Crippen molar-refractivity contribution >= 4 is 11.6 Å². The lowest BCUT2D eigenvalue weighted by atomic mass is 9.82. The molecule has 17 heavy (non-hydrogen) atoms. The van der Waals surface area contributed by atoms with Crippen molar-refractivity contribution in [2.24, 2.45) is 5.92 Å². The maximum Gasteiger partial charge on any atom is 0.238 e. The van der Waals surface area contributed by atoms with Crippen LogP contribution in [0.1, 0.15) is 19.8 Å². The predicted molar refractivity (Wildman–Crippen MR) is 65.2 cm³/mol. The topological polar surface area (TPSA) is 41.1 Å². The van der Waals surface area contributed by atoms with Crippen LogP contribution in [0.3, 0.4) is 0 Å². The number of carbonyl (C=O) groups excluding carboxylic acids is 1. The van der Waals surface area contributed by atoms with Gasteiger partial charge in [0.25, 0.3) is 0 Å². The third kappa shape index (κ3) is 3.53. The SMILES string of the molecule is CC1CC(NCC(=O)Nc2ccc(F)cc2)C1. The molecule has 1 aromatic rings. The molecular weight excluding hydrogens is 219 g/mol. The molecule has 1 aliphatic carbocycles. The van der Waals surface area contributed by atoms with Gasteiger partial charge in [-0.15, -0.1) is 0 Å². The molecule has 2 N–H and O–H groups in total. The summed E-state index contributed by atoms with van der Waals surface area (Å²) in [6.07, 6.45) is 2.29. The third-order valence-corrected chi connectivity index (χ3v) is 3.05. The lowest BCUT2D eigenvalue weighted by molar-refractivity contribution is -0.115. The number of amides is 1. The van der Waals surface area contributed by atoms with Crippen LogP contribution in [0.4, 0.5) is 10.1 Å². The van der Waals surface area contributed by atoms with Crippen LogP contribution in [0.25, 0.3) is 0 Å². The van der Waals surface area contributed by atoms with Crippen LogP contribution >= 0.6 is 0 Å². The standard InChI is InChI=1S/C13H17FN2O/c1-9-6-12(7-9)15-8-13(17)16-11-4-2-10(14)3-5-11/h2-5,9,12,15H,6-8H2,1H3,(H,16,17). The summed E-state index contributed by atoms with van der Waals surface area (Å²) >= 11 is 0. The van der Waals surface area contributed by atoms with E-state index in [2.05, 4.69) is 17.6 Å². The van der Waals surface area contributed by atoms with Crippen LogP contribution in [0.15, 0.2) is 24.3 Å². The molecule has 0 heterocycles.